The van der Waals surface area contributed by atoms with Gasteiger partial charge in [0.15, 0.2) is 0 Å². The third-order valence-corrected chi connectivity index (χ3v) is 2.16. The summed E-state index contributed by atoms with van der Waals surface area (Å²) in [5.41, 5.74) is 1.02. The zero-order valence-electron chi connectivity index (χ0n) is 8.91. The van der Waals surface area contributed by atoms with E-state index in [-0.39, 0.29) is 11.7 Å². The van der Waals surface area contributed by atoms with Gasteiger partial charge in [-0.25, -0.2) is 0 Å². The van der Waals surface area contributed by atoms with E-state index in [2.05, 4.69) is 0 Å². The number of hydrogen-bond acceptors (Lipinski definition) is 2. The van der Waals surface area contributed by atoms with Crippen molar-refractivity contribution in [1.29, 1.82) is 0 Å². The van der Waals surface area contributed by atoms with Crippen LogP contribution in [0.1, 0.15) is 19.4 Å². The number of carbonyl (C=O) groups is 1. The average molecular weight is 192 g/mol. The Hall–Kier alpha value is -1.31. The number of methoxy groups -OCH3 is 1. The van der Waals surface area contributed by atoms with E-state index >= 15 is 0 Å². The molecule has 2 nitrogen and oxygen atoms in total. The molecule has 14 heavy (non-hydrogen) atoms. The van der Waals surface area contributed by atoms with Crippen molar-refractivity contribution in [2.24, 2.45) is 5.92 Å². The number of ketones is 1. The molecule has 0 heterocycles. The maximum absolute atomic E-state index is 11.5. The molecule has 0 aliphatic rings. The quantitative estimate of drug-likeness (QED) is 0.732. The van der Waals surface area contributed by atoms with Gasteiger partial charge in [-0.2, -0.15) is 0 Å². The second-order valence-corrected chi connectivity index (χ2v) is 3.65. The van der Waals surface area contributed by atoms with Gasteiger partial charge < -0.3 is 4.74 Å². The van der Waals surface area contributed by atoms with Crippen molar-refractivity contribution >= 4 is 5.78 Å². The molecule has 0 saturated carbocycles. The van der Waals surface area contributed by atoms with E-state index in [1.165, 1.54) is 0 Å². The maximum Gasteiger partial charge on any atom is 0.139 e. The van der Waals surface area contributed by atoms with Crippen LogP contribution in [0.4, 0.5) is 0 Å². The monoisotopic (exact) mass is 192 g/mol. The molecule has 0 aliphatic heterocycles. The molecule has 0 atom stereocenters. The van der Waals surface area contributed by atoms with Crippen molar-refractivity contribution in [1.82, 2.24) is 0 Å². The molecule has 0 fully saturated rings. The molecule has 1 rings (SSSR count). The second-order valence-electron chi connectivity index (χ2n) is 3.65. The van der Waals surface area contributed by atoms with Gasteiger partial charge in [-0.05, 0) is 17.7 Å². The zero-order valence-corrected chi connectivity index (χ0v) is 8.91. The van der Waals surface area contributed by atoms with E-state index in [4.69, 9.17) is 4.74 Å². The van der Waals surface area contributed by atoms with Gasteiger partial charge in [0, 0.05) is 12.3 Å². The average Bonchev–Trinajstić information content (AvgIpc) is 2.18. The Bertz CT molecular complexity index is 316. The first kappa shape index (κ1) is 10.8. The first-order valence-corrected chi connectivity index (χ1v) is 4.79. The first-order chi connectivity index (χ1) is 6.63. The lowest BCUT2D eigenvalue weighted by atomic mass is 10.0. The lowest BCUT2D eigenvalue weighted by molar-refractivity contribution is -0.121. The maximum atomic E-state index is 11.5. The van der Waals surface area contributed by atoms with E-state index in [1.54, 1.807) is 7.11 Å². The van der Waals surface area contributed by atoms with Gasteiger partial charge in [-0.1, -0.05) is 26.0 Å². The Labute approximate surface area is 84.9 Å². The summed E-state index contributed by atoms with van der Waals surface area (Å²) in [5.74, 6) is 1.17. The molecular formula is C12H16O2. The van der Waals surface area contributed by atoms with Gasteiger partial charge in [-0.3, -0.25) is 4.79 Å². The van der Waals surface area contributed by atoms with Crippen molar-refractivity contribution in [3.8, 4) is 5.75 Å². The van der Waals surface area contributed by atoms with Gasteiger partial charge in [-0.15, -0.1) is 0 Å². The summed E-state index contributed by atoms with van der Waals surface area (Å²) in [5, 5.41) is 0. The van der Waals surface area contributed by atoms with Crippen LogP contribution in [-0.4, -0.2) is 12.9 Å². The summed E-state index contributed by atoms with van der Waals surface area (Å²) < 4.78 is 5.09. The van der Waals surface area contributed by atoms with Crippen LogP contribution in [0, 0.1) is 5.92 Å². The number of carbonyl (C=O) groups excluding carboxylic acids is 1. The van der Waals surface area contributed by atoms with E-state index in [1.807, 2.05) is 38.1 Å². The molecule has 0 saturated heterocycles. The van der Waals surface area contributed by atoms with Crippen molar-refractivity contribution in [3.63, 3.8) is 0 Å². The topological polar surface area (TPSA) is 26.3 Å². The van der Waals surface area contributed by atoms with Crippen LogP contribution in [-0.2, 0) is 11.2 Å². The SMILES string of the molecule is COc1cccc(CC(=O)C(C)C)c1. The highest BCUT2D eigenvalue weighted by Crippen LogP contribution is 2.14. The molecule has 0 radical (unpaired) electrons. The molecule has 0 amide bonds. The molecule has 0 aliphatic carbocycles. The van der Waals surface area contributed by atoms with Crippen molar-refractivity contribution in [3.05, 3.63) is 29.8 Å². The summed E-state index contributed by atoms with van der Waals surface area (Å²) in [6, 6.07) is 7.63. The largest absolute Gasteiger partial charge is 0.497 e. The van der Waals surface area contributed by atoms with Crippen LogP contribution in [0.5, 0.6) is 5.75 Å². The van der Waals surface area contributed by atoms with Gasteiger partial charge in [0.25, 0.3) is 0 Å². The summed E-state index contributed by atoms with van der Waals surface area (Å²) in [7, 11) is 1.63. The molecule has 0 N–H and O–H groups in total. The lowest BCUT2D eigenvalue weighted by Crippen LogP contribution is -2.10. The predicted octanol–water partition coefficient (Wildman–Crippen LogP) is 2.46. The summed E-state index contributed by atoms with van der Waals surface area (Å²) in [4.78, 5) is 11.5. The fourth-order valence-electron chi connectivity index (χ4n) is 1.19. The first-order valence-electron chi connectivity index (χ1n) is 4.79. The van der Waals surface area contributed by atoms with Crippen LogP contribution >= 0.6 is 0 Å². The normalized spacial score (nSPS) is 10.3. The Balaban J connectivity index is 2.72. The minimum absolute atomic E-state index is 0.0983. The standard InChI is InChI=1S/C12H16O2/c1-9(2)12(13)8-10-5-4-6-11(7-10)14-3/h4-7,9H,8H2,1-3H3. The van der Waals surface area contributed by atoms with Gasteiger partial charge in [0.05, 0.1) is 7.11 Å². The number of rotatable bonds is 4. The Morgan fingerprint density at radius 2 is 2.14 bits per heavy atom. The Kier molecular flexibility index (Phi) is 3.69. The number of Topliss-reactive ketones (excluding diaryl/α,β-unsaturated/α-hetero) is 1. The molecular weight excluding hydrogens is 176 g/mol. The highest BCUT2D eigenvalue weighted by atomic mass is 16.5. The van der Waals surface area contributed by atoms with E-state index in [9.17, 15) is 4.79 Å². The van der Waals surface area contributed by atoms with E-state index < -0.39 is 0 Å². The third-order valence-electron chi connectivity index (χ3n) is 2.16. The van der Waals surface area contributed by atoms with Gasteiger partial charge in [0.2, 0.25) is 0 Å². The van der Waals surface area contributed by atoms with Crippen molar-refractivity contribution in [2.75, 3.05) is 7.11 Å². The Morgan fingerprint density at radius 1 is 1.43 bits per heavy atom. The fraction of sp³-hybridized carbons (Fsp3) is 0.417. The third kappa shape index (κ3) is 2.87. The molecule has 0 unspecified atom stereocenters. The highest BCUT2D eigenvalue weighted by Gasteiger charge is 2.08. The molecule has 0 aromatic heterocycles. The smallest absolute Gasteiger partial charge is 0.139 e. The molecule has 0 bridgehead atoms. The Morgan fingerprint density at radius 3 is 2.71 bits per heavy atom. The second kappa shape index (κ2) is 4.80. The van der Waals surface area contributed by atoms with Crippen LogP contribution in [0.25, 0.3) is 0 Å². The van der Waals surface area contributed by atoms with Crippen molar-refractivity contribution in [2.45, 2.75) is 20.3 Å². The molecule has 2 heteroatoms. The van der Waals surface area contributed by atoms with Crippen LogP contribution in [0.3, 0.4) is 0 Å². The summed E-state index contributed by atoms with van der Waals surface area (Å²) in [6.45, 7) is 3.84. The predicted molar refractivity (Wildman–Crippen MR) is 56.5 cm³/mol. The molecule has 1 aromatic rings. The van der Waals surface area contributed by atoms with Crippen LogP contribution in [0.15, 0.2) is 24.3 Å². The number of ether oxygens (including phenoxy) is 1. The summed E-state index contributed by atoms with van der Waals surface area (Å²) in [6.07, 6.45) is 0.495. The lowest BCUT2D eigenvalue weighted by Gasteiger charge is -2.05. The van der Waals surface area contributed by atoms with E-state index in [0.29, 0.717) is 6.42 Å². The van der Waals surface area contributed by atoms with Crippen molar-refractivity contribution < 1.29 is 9.53 Å². The fourth-order valence-corrected chi connectivity index (χ4v) is 1.19. The van der Waals surface area contributed by atoms with Crippen LogP contribution < -0.4 is 4.74 Å². The van der Waals surface area contributed by atoms with Gasteiger partial charge in [0.1, 0.15) is 11.5 Å². The van der Waals surface area contributed by atoms with E-state index in [0.717, 1.165) is 11.3 Å². The minimum atomic E-state index is 0.0983. The summed E-state index contributed by atoms with van der Waals surface area (Å²) >= 11 is 0. The minimum Gasteiger partial charge on any atom is -0.497 e. The molecule has 76 valence electrons. The van der Waals surface area contributed by atoms with Gasteiger partial charge >= 0.3 is 0 Å². The number of benzene rings is 1. The zero-order chi connectivity index (χ0) is 10.6. The molecule has 0 spiro atoms. The number of hydrogen-bond donors (Lipinski definition) is 0. The molecule has 1 aromatic carbocycles. The highest BCUT2D eigenvalue weighted by molar-refractivity contribution is 5.82. The van der Waals surface area contributed by atoms with Crippen LogP contribution in [0.2, 0.25) is 0 Å².